The van der Waals surface area contributed by atoms with Crippen LogP contribution in [0.5, 0.6) is 0 Å². The molecule has 4 nitrogen and oxygen atoms in total. The van der Waals surface area contributed by atoms with E-state index in [4.69, 9.17) is 0 Å². The van der Waals surface area contributed by atoms with E-state index >= 15 is 0 Å². The molecule has 0 fully saturated rings. The van der Waals surface area contributed by atoms with E-state index in [0.717, 1.165) is 5.69 Å². The molecule has 1 rings (SSSR count). The Balaban J connectivity index is 2.84. The second-order valence-electron chi connectivity index (χ2n) is 6.33. The van der Waals surface area contributed by atoms with Gasteiger partial charge in [-0.1, -0.05) is 26.0 Å². The Morgan fingerprint density at radius 2 is 1.59 bits per heavy atom. The smallest absolute Gasteiger partial charge is 0.239 e. The summed E-state index contributed by atoms with van der Waals surface area (Å²) in [5.41, 5.74) is 0.856. The van der Waals surface area contributed by atoms with Crippen LogP contribution in [0.15, 0.2) is 24.3 Å². The molecule has 122 valence electrons. The number of hydrogen-bond donors (Lipinski definition) is 1. The average molecular weight is 304 g/mol. The van der Waals surface area contributed by atoms with Crippen LogP contribution in [0.4, 0.5) is 5.69 Å². The van der Waals surface area contributed by atoms with Gasteiger partial charge in [0.1, 0.15) is 5.41 Å². The van der Waals surface area contributed by atoms with Crippen molar-refractivity contribution in [1.29, 1.82) is 0 Å². The van der Waals surface area contributed by atoms with Gasteiger partial charge in [0.2, 0.25) is 11.8 Å². The van der Waals surface area contributed by atoms with Crippen molar-refractivity contribution in [3.8, 4) is 0 Å². The Hall–Kier alpha value is -1.84. The molecule has 0 bridgehead atoms. The predicted molar refractivity (Wildman–Crippen MR) is 90.9 cm³/mol. The molecule has 0 atom stereocenters. The van der Waals surface area contributed by atoms with Crippen LogP contribution in [0.2, 0.25) is 0 Å². The third-order valence-corrected chi connectivity index (χ3v) is 3.99. The summed E-state index contributed by atoms with van der Waals surface area (Å²) in [6.07, 6.45) is 0. The maximum absolute atomic E-state index is 12.5. The first-order valence-electron chi connectivity index (χ1n) is 7.94. The number of nitrogens with one attached hydrogen (secondary N) is 1. The molecule has 22 heavy (non-hydrogen) atoms. The second-order valence-corrected chi connectivity index (χ2v) is 6.33. The van der Waals surface area contributed by atoms with Crippen LogP contribution < -0.4 is 5.32 Å². The fourth-order valence-corrected chi connectivity index (χ4v) is 2.24. The van der Waals surface area contributed by atoms with Crippen molar-refractivity contribution in [2.45, 2.75) is 47.5 Å². The fourth-order valence-electron chi connectivity index (χ4n) is 2.24. The minimum Gasteiger partial charge on any atom is -0.342 e. The van der Waals surface area contributed by atoms with Gasteiger partial charge in [0.05, 0.1) is 0 Å². The summed E-state index contributed by atoms with van der Waals surface area (Å²) in [4.78, 5) is 26.6. The highest BCUT2D eigenvalue weighted by Crippen LogP contribution is 2.23. The minimum atomic E-state index is -1.08. The van der Waals surface area contributed by atoms with Crippen molar-refractivity contribution < 1.29 is 9.59 Å². The van der Waals surface area contributed by atoms with Crippen molar-refractivity contribution in [1.82, 2.24) is 4.90 Å². The Labute approximate surface area is 133 Å². The van der Waals surface area contributed by atoms with Crippen LogP contribution >= 0.6 is 0 Å². The van der Waals surface area contributed by atoms with E-state index in [0.29, 0.717) is 19.0 Å². The van der Waals surface area contributed by atoms with Gasteiger partial charge >= 0.3 is 0 Å². The molecule has 0 unspecified atom stereocenters. The number of anilines is 1. The van der Waals surface area contributed by atoms with Gasteiger partial charge in [-0.05, 0) is 51.3 Å². The van der Waals surface area contributed by atoms with Crippen molar-refractivity contribution in [2.24, 2.45) is 5.41 Å². The average Bonchev–Trinajstić information content (AvgIpc) is 2.48. The summed E-state index contributed by atoms with van der Waals surface area (Å²) in [6.45, 7) is 12.6. The highest BCUT2D eigenvalue weighted by molar-refractivity contribution is 6.09. The molecule has 0 aliphatic rings. The summed E-state index contributed by atoms with van der Waals surface area (Å²) >= 11 is 0. The molecule has 1 aromatic rings. The Kier molecular flexibility index (Phi) is 6.15. The number of benzene rings is 1. The van der Waals surface area contributed by atoms with Crippen LogP contribution in [0.1, 0.15) is 53.0 Å². The Morgan fingerprint density at radius 3 is 2.00 bits per heavy atom. The van der Waals surface area contributed by atoms with Gasteiger partial charge in [-0.25, -0.2) is 0 Å². The zero-order valence-corrected chi connectivity index (χ0v) is 14.6. The molecule has 0 heterocycles. The molecule has 0 radical (unpaired) electrons. The van der Waals surface area contributed by atoms with Crippen LogP contribution in [-0.4, -0.2) is 29.8 Å². The molecule has 0 saturated heterocycles. The summed E-state index contributed by atoms with van der Waals surface area (Å²) in [6, 6.07) is 7.76. The molecule has 0 aliphatic heterocycles. The molecule has 0 spiro atoms. The third-order valence-electron chi connectivity index (χ3n) is 3.99. The number of nitrogens with zero attached hydrogens (tertiary/aromatic N) is 1. The zero-order valence-electron chi connectivity index (χ0n) is 14.6. The van der Waals surface area contributed by atoms with Crippen LogP contribution in [0.25, 0.3) is 0 Å². The van der Waals surface area contributed by atoms with Gasteiger partial charge in [0.25, 0.3) is 0 Å². The van der Waals surface area contributed by atoms with Gasteiger partial charge < -0.3 is 10.2 Å². The third kappa shape index (κ3) is 4.09. The standard InChI is InChI=1S/C18H28N2O2/c1-7-20(8-2)17(22)18(5,6)16(21)19-15-11-9-14(10-12-15)13(3)4/h9-13H,7-8H2,1-6H3,(H,19,21). The first kappa shape index (κ1) is 18.2. The van der Waals surface area contributed by atoms with E-state index < -0.39 is 5.41 Å². The summed E-state index contributed by atoms with van der Waals surface area (Å²) in [5.74, 6) is 0.0286. The van der Waals surface area contributed by atoms with Crippen molar-refractivity contribution >= 4 is 17.5 Å². The van der Waals surface area contributed by atoms with Crippen molar-refractivity contribution in [2.75, 3.05) is 18.4 Å². The Morgan fingerprint density at radius 1 is 1.09 bits per heavy atom. The number of hydrogen-bond acceptors (Lipinski definition) is 2. The number of carbonyl (C=O) groups excluding carboxylic acids is 2. The van der Waals surface area contributed by atoms with Crippen molar-refractivity contribution in [3.63, 3.8) is 0 Å². The summed E-state index contributed by atoms with van der Waals surface area (Å²) in [7, 11) is 0. The van der Waals surface area contributed by atoms with Gasteiger partial charge in [-0.15, -0.1) is 0 Å². The van der Waals surface area contributed by atoms with Crippen molar-refractivity contribution in [3.05, 3.63) is 29.8 Å². The highest BCUT2D eigenvalue weighted by Gasteiger charge is 2.38. The molecule has 4 heteroatoms. The maximum Gasteiger partial charge on any atom is 0.239 e. The minimum absolute atomic E-state index is 0.145. The molecular weight excluding hydrogens is 276 g/mol. The lowest BCUT2D eigenvalue weighted by Crippen LogP contribution is -2.47. The molecule has 0 aromatic heterocycles. The van der Waals surface area contributed by atoms with E-state index in [1.807, 2.05) is 38.1 Å². The van der Waals surface area contributed by atoms with Crippen LogP contribution in [0, 0.1) is 5.41 Å². The lowest BCUT2D eigenvalue weighted by molar-refractivity contribution is -0.146. The molecule has 0 aliphatic carbocycles. The SMILES string of the molecule is CCN(CC)C(=O)C(C)(C)C(=O)Nc1ccc(C(C)C)cc1. The van der Waals surface area contributed by atoms with E-state index in [9.17, 15) is 9.59 Å². The highest BCUT2D eigenvalue weighted by atomic mass is 16.2. The first-order chi connectivity index (χ1) is 10.2. The Bertz CT molecular complexity index is 514. The van der Waals surface area contributed by atoms with Gasteiger partial charge in [0.15, 0.2) is 0 Å². The van der Waals surface area contributed by atoms with Crippen LogP contribution in [0.3, 0.4) is 0 Å². The predicted octanol–water partition coefficient (Wildman–Crippen LogP) is 3.64. The number of rotatable bonds is 6. The largest absolute Gasteiger partial charge is 0.342 e. The summed E-state index contributed by atoms with van der Waals surface area (Å²) in [5, 5.41) is 2.85. The van der Waals surface area contributed by atoms with Gasteiger partial charge in [-0.3, -0.25) is 9.59 Å². The number of carbonyl (C=O) groups is 2. The number of amides is 2. The molecule has 2 amide bonds. The fraction of sp³-hybridized carbons (Fsp3) is 0.556. The lowest BCUT2D eigenvalue weighted by Gasteiger charge is -2.29. The van der Waals surface area contributed by atoms with Crippen LogP contribution in [-0.2, 0) is 9.59 Å². The zero-order chi connectivity index (χ0) is 16.9. The quantitative estimate of drug-likeness (QED) is 0.816. The van der Waals surface area contributed by atoms with E-state index in [1.54, 1.807) is 18.7 Å². The van der Waals surface area contributed by atoms with E-state index in [-0.39, 0.29) is 11.8 Å². The van der Waals surface area contributed by atoms with E-state index in [2.05, 4.69) is 19.2 Å². The summed E-state index contributed by atoms with van der Waals surface area (Å²) < 4.78 is 0. The monoisotopic (exact) mass is 304 g/mol. The normalized spacial score (nSPS) is 11.4. The molecule has 1 aromatic carbocycles. The molecule has 1 N–H and O–H groups in total. The first-order valence-corrected chi connectivity index (χ1v) is 7.94. The molecule has 0 saturated carbocycles. The lowest BCUT2D eigenvalue weighted by atomic mass is 9.90. The van der Waals surface area contributed by atoms with Gasteiger partial charge in [0, 0.05) is 18.8 Å². The maximum atomic E-state index is 12.5. The second kappa shape index (κ2) is 7.43. The topological polar surface area (TPSA) is 49.4 Å². The molecular formula is C18H28N2O2. The van der Waals surface area contributed by atoms with Gasteiger partial charge in [-0.2, -0.15) is 0 Å². The van der Waals surface area contributed by atoms with E-state index in [1.165, 1.54) is 5.56 Å².